The smallest absolute Gasteiger partial charge is 0.251 e. The number of aryl methyl sites for hydroxylation is 1. The summed E-state index contributed by atoms with van der Waals surface area (Å²) in [5, 5.41) is 10.2. The van der Waals surface area contributed by atoms with E-state index in [1.54, 1.807) is 12.3 Å². The fraction of sp³-hybridized carbons (Fsp3) is 0.400. The lowest BCUT2D eigenvalue weighted by Crippen LogP contribution is -2.50. The number of piperidine rings is 2. The van der Waals surface area contributed by atoms with Crippen LogP contribution in [-0.2, 0) is 22.7 Å². The molecule has 5 rings (SSSR count). The molecule has 3 heterocycles. The van der Waals surface area contributed by atoms with Crippen LogP contribution in [0.2, 0.25) is 0 Å². The summed E-state index contributed by atoms with van der Waals surface area (Å²) in [5.41, 5.74) is 8.82. The fourth-order valence-electron chi connectivity index (χ4n) is 5.67. The molecular weight excluding hydrogens is 591 g/mol. The Kier molecular flexibility index (Phi) is 9.14. The van der Waals surface area contributed by atoms with Gasteiger partial charge in [0.1, 0.15) is 5.82 Å². The van der Waals surface area contributed by atoms with E-state index in [0.29, 0.717) is 30.9 Å². The second kappa shape index (κ2) is 12.9. The molecule has 0 spiro atoms. The van der Waals surface area contributed by atoms with Crippen molar-refractivity contribution in [1.29, 1.82) is 0 Å². The van der Waals surface area contributed by atoms with Crippen molar-refractivity contribution in [2.75, 3.05) is 18.0 Å². The lowest BCUT2D eigenvalue weighted by Gasteiger charge is -2.35. The Labute approximate surface area is 246 Å². The Morgan fingerprint density at radius 3 is 2.68 bits per heavy atom. The number of hydrogen-bond acceptors (Lipinski definition) is 6. The first-order valence-electron chi connectivity index (χ1n) is 14.0. The molecule has 0 aliphatic carbocycles. The van der Waals surface area contributed by atoms with Crippen LogP contribution in [0.1, 0.15) is 54.4 Å². The summed E-state index contributed by atoms with van der Waals surface area (Å²) in [6, 6.07) is 10.2. The topological polar surface area (TPSA) is 122 Å². The minimum Gasteiger partial charge on any atom is -0.371 e. The number of rotatable bonds is 10. The average Bonchev–Trinajstić information content (AvgIpc) is 3.42. The number of aromatic nitrogens is 2. The van der Waals surface area contributed by atoms with Gasteiger partial charge in [-0.2, -0.15) is 5.10 Å². The van der Waals surface area contributed by atoms with Crippen LogP contribution in [0, 0.1) is 11.7 Å². The monoisotopic (exact) mass is 624 g/mol. The van der Waals surface area contributed by atoms with Crippen LogP contribution in [0.3, 0.4) is 0 Å². The van der Waals surface area contributed by atoms with E-state index in [2.05, 4.69) is 42.6 Å². The predicted molar refractivity (Wildman–Crippen MR) is 157 cm³/mol. The van der Waals surface area contributed by atoms with Crippen molar-refractivity contribution < 1.29 is 18.8 Å². The maximum absolute atomic E-state index is 14.2. The molecule has 2 aromatic carbocycles. The first-order valence-corrected chi connectivity index (χ1v) is 14.8. The number of nitrogens with zero attached hydrogens (tertiary/aromatic N) is 3. The van der Waals surface area contributed by atoms with E-state index in [1.165, 1.54) is 17.8 Å². The number of carbonyl (C=O) groups is 3. The molecule has 11 heteroatoms. The van der Waals surface area contributed by atoms with Crippen molar-refractivity contribution in [2.24, 2.45) is 11.7 Å². The second-order valence-electron chi connectivity index (χ2n) is 10.7. The number of halogens is 2. The van der Waals surface area contributed by atoms with Crippen molar-refractivity contribution in [3.63, 3.8) is 0 Å². The number of nitrogens with two attached hydrogens (primary N) is 1. The largest absolute Gasteiger partial charge is 0.371 e. The Morgan fingerprint density at radius 1 is 1.15 bits per heavy atom. The van der Waals surface area contributed by atoms with Crippen LogP contribution in [0.25, 0.3) is 11.1 Å². The number of nitrogens with one attached hydrogen (secondary N) is 2. The number of benzene rings is 2. The zero-order chi connectivity index (χ0) is 28.9. The fourth-order valence-corrected chi connectivity index (χ4v) is 6.16. The highest BCUT2D eigenvalue weighted by atomic mass is 79.9. The van der Waals surface area contributed by atoms with Gasteiger partial charge >= 0.3 is 0 Å². The van der Waals surface area contributed by atoms with Gasteiger partial charge in [0.05, 0.1) is 17.8 Å². The van der Waals surface area contributed by atoms with Gasteiger partial charge in [-0.1, -0.05) is 28.1 Å². The maximum atomic E-state index is 14.2. The highest BCUT2D eigenvalue weighted by Crippen LogP contribution is 2.32. The minimum absolute atomic E-state index is 0.118. The normalized spacial score (nSPS) is 18.0. The first-order chi connectivity index (χ1) is 19.8. The molecule has 4 N–H and O–H groups in total. The van der Waals surface area contributed by atoms with Gasteiger partial charge in [-0.3, -0.25) is 24.4 Å². The van der Waals surface area contributed by atoms with E-state index in [0.717, 1.165) is 60.9 Å². The molecular formula is C30H34BrFN6O3. The maximum Gasteiger partial charge on any atom is 0.251 e. The minimum atomic E-state index is -0.783. The zero-order valence-corrected chi connectivity index (χ0v) is 24.3. The highest BCUT2D eigenvalue weighted by Gasteiger charge is 2.27. The molecule has 1 aromatic heterocycles. The van der Waals surface area contributed by atoms with Crippen molar-refractivity contribution in [3.05, 3.63) is 70.2 Å². The molecule has 3 amide bonds. The third-order valence-corrected chi connectivity index (χ3v) is 8.76. The number of imide groups is 1. The molecule has 9 nitrogen and oxygen atoms in total. The van der Waals surface area contributed by atoms with Crippen LogP contribution in [0.15, 0.2) is 53.3 Å². The van der Waals surface area contributed by atoms with Gasteiger partial charge in [0, 0.05) is 60.1 Å². The van der Waals surface area contributed by atoms with Crippen LogP contribution < -0.4 is 21.3 Å². The molecule has 41 heavy (non-hydrogen) atoms. The SMILES string of the molecule is NC(=O)c1ccc(-c2cnn(CCCC3CCN(c4cccc(Br)c4CNC4CCC(=O)NC4=O)CC3)c2)cc1F. The second-order valence-corrected chi connectivity index (χ2v) is 11.6. The van der Waals surface area contributed by atoms with Crippen molar-refractivity contribution in [3.8, 4) is 11.1 Å². The van der Waals surface area contributed by atoms with Gasteiger partial charge in [-0.15, -0.1) is 0 Å². The van der Waals surface area contributed by atoms with Crippen LogP contribution in [0.4, 0.5) is 10.1 Å². The molecule has 0 saturated carbocycles. The molecule has 1 atom stereocenters. The molecule has 2 aliphatic heterocycles. The highest BCUT2D eigenvalue weighted by molar-refractivity contribution is 9.10. The molecule has 216 valence electrons. The van der Waals surface area contributed by atoms with Gasteiger partial charge in [0.25, 0.3) is 5.91 Å². The summed E-state index contributed by atoms with van der Waals surface area (Å²) >= 11 is 3.69. The van der Waals surface area contributed by atoms with Crippen molar-refractivity contribution in [1.82, 2.24) is 20.4 Å². The number of hydrogen-bond donors (Lipinski definition) is 3. The Morgan fingerprint density at radius 2 is 1.95 bits per heavy atom. The molecule has 2 fully saturated rings. The van der Waals surface area contributed by atoms with Crippen molar-refractivity contribution in [2.45, 2.75) is 57.7 Å². The first kappa shape index (κ1) is 28.9. The Balaban J connectivity index is 1.10. The number of carbonyl (C=O) groups excluding carboxylic acids is 3. The zero-order valence-electron chi connectivity index (χ0n) is 22.7. The lowest BCUT2D eigenvalue weighted by atomic mass is 9.91. The van der Waals surface area contributed by atoms with Gasteiger partial charge in [0.2, 0.25) is 11.8 Å². The summed E-state index contributed by atoms with van der Waals surface area (Å²) < 4.78 is 17.0. The van der Waals surface area contributed by atoms with E-state index in [1.807, 2.05) is 23.0 Å². The van der Waals surface area contributed by atoms with Gasteiger partial charge in [0.15, 0.2) is 0 Å². The van der Waals surface area contributed by atoms with E-state index in [9.17, 15) is 18.8 Å². The number of amides is 3. The summed E-state index contributed by atoms with van der Waals surface area (Å²) in [4.78, 5) is 37.3. The third kappa shape index (κ3) is 7.02. The Bertz CT molecular complexity index is 1440. The molecule has 2 saturated heterocycles. The van der Waals surface area contributed by atoms with Crippen LogP contribution in [-0.4, -0.2) is 46.6 Å². The summed E-state index contributed by atoms with van der Waals surface area (Å²) in [5.74, 6) is -1.25. The number of primary amides is 1. The van der Waals surface area contributed by atoms with Crippen LogP contribution in [0.5, 0.6) is 0 Å². The predicted octanol–water partition coefficient (Wildman–Crippen LogP) is 4.14. The summed E-state index contributed by atoms with van der Waals surface area (Å²) in [7, 11) is 0. The summed E-state index contributed by atoms with van der Waals surface area (Å²) in [6.07, 6.45) is 8.78. The molecule has 0 bridgehead atoms. The molecule has 3 aromatic rings. The molecule has 0 radical (unpaired) electrons. The van der Waals surface area contributed by atoms with E-state index >= 15 is 0 Å². The van der Waals surface area contributed by atoms with E-state index < -0.39 is 11.7 Å². The molecule has 2 aliphatic rings. The van der Waals surface area contributed by atoms with Crippen molar-refractivity contribution >= 4 is 39.3 Å². The number of anilines is 1. The van der Waals surface area contributed by atoms with Crippen LogP contribution >= 0.6 is 15.9 Å². The quantitative estimate of drug-likeness (QED) is 0.291. The van der Waals surface area contributed by atoms with Gasteiger partial charge < -0.3 is 16.0 Å². The lowest BCUT2D eigenvalue weighted by molar-refractivity contribution is -0.134. The van der Waals surface area contributed by atoms with E-state index in [-0.39, 0.29) is 23.4 Å². The third-order valence-electron chi connectivity index (χ3n) is 8.01. The summed E-state index contributed by atoms with van der Waals surface area (Å²) in [6.45, 7) is 3.25. The molecule has 1 unspecified atom stereocenters. The van der Waals surface area contributed by atoms with Gasteiger partial charge in [-0.25, -0.2) is 4.39 Å². The Hall–Kier alpha value is -3.57. The standard InChI is InChI=1S/C30H34BrFN6O3/c31-24-4-1-5-27(23(24)17-34-26-8-9-28(39)36-30(26)41)37-13-10-19(11-14-37)3-2-12-38-18-21(16-35-38)20-6-7-22(29(33)40)25(32)15-20/h1,4-7,15-16,18-19,26,34H,2-3,8-14,17H2,(H2,33,40)(H,36,39,41). The van der Waals surface area contributed by atoms with Gasteiger partial charge in [-0.05, 0) is 67.9 Å². The average molecular weight is 626 g/mol. The van der Waals surface area contributed by atoms with E-state index in [4.69, 9.17) is 5.73 Å².